The molecule has 9 heteroatoms. The third-order valence-electron chi connectivity index (χ3n) is 5.25. The molecule has 0 radical (unpaired) electrons. The van der Waals surface area contributed by atoms with Crippen LogP contribution in [0.25, 0.3) is 10.2 Å². The van der Waals surface area contributed by atoms with Crippen LogP contribution < -0.4 is 14.5 Å². The minimum Gasteiger partial charge on any atom is -0.369 e. The highest BCUT2D eigenvalue weighted by Gasteiger charge is 2.18. The minimum atomic E-state index is -3.74. The summed E-state index contributed by atoms with van der Waals surface area (Å²) in [6.07, 6.45) is 0. The predicted octanol–water partition coefficient (Wildman–Crippen LogP) is 2.64. The van der Waals surface area contributed by atoms with Crippen LogP contribution in [-0.2, 0) is 16.6 Å². The second-order valence-corrected chi connectivity index (χ2v) is 9.86. The largest absolute Gasteiger partial charge is 0.369 e. The molecule has 2 aromatic carbocycles. The Balaban J connectivity index is 1.54. The second-order valence-electron chi connectivity index (χ2n) is 7.18. The van der Waals surface area contributed by atoms with Crippen molar-refractivity contribution >= 4 is 43.0 Å². The minimum absolute atomic E-state index is 0.0792. The van der Waals surface area contributed by atoms with Crippen LogP contribution in [0, 0.1) is 0 Å². The lowest BCUT2D eigenvalue weighted by Crippen LogP contribution is -2.44. The molecule has 7 nitrogen and oxygen atoms in total. The van der Waals surface area contributed by atoms with Crippen LogP contribution in [0.4, 0.5) is 11.4 Å². The number of benzene rings is 2. The van der Waals surface area contributed by atoms with Crippen LogP contribution in [0.2, 0.25) is 0 Å². The molecule has 0 saturated carbocycles. The Morgan fingerprint density at radius 1 is 1.03 bits per heavy atom. The summed E-state index contributed by atoms with van der Waals surface area (Å²) in [5.41, 5.74) is 2.37. The molecule has 154 valence electrons. The molecular weight excluding hydrogens is 408 g/mol. The van der Waals surface area contributed by atoms with Gasteiger partial charge in [0.1, 0.15) is 0 Å². The fraction of sp³-hybridized carbons (Fsp3) is 0.350. The van der Waals surface area contributed by atoms with Crippen LogP contribution in [0.15, 0.2) is 52.2 Å². The number of aromatic nitrogens is 1. The van der Waals surface area contributed by atoms with Gasteiger partial charge in [-0.2, -0.15) is 0 Å². The van der Waals surface area contributed by atoms with Crippen molar-refractivity contribution in [2.45, 2.75) is 18.4 Å². The van der Waals surface area contributed by atoms with Gasteiger partial charge in [0.05, 0.1) is 15.1 Å². The van der Waals surface area contributed by atoms with E-state index in [0.29, 0.717) is 16.9 Å². The van der Waals surface area contributed by atoms with Crippen molar-refractivity contribution in [1.82, 2.24) is 9.47 Å². The first-order valence-electron chi connectivity index (χ1n) is 9.57. The summed E-state index contributed by atoms with van der Waals surface area (Å²) in [5, 5.41) is 0. The van der Waals surface area contributed by atoms with E-state index in [1.807, 2.05) is 19.1 Å². The van der Waals surface area contributed by atoms with Gasteiger partial charge in [-0.1, -0.05) is 11.3 Å². The summed E-state index contributed by atoms with van der Waals surface area (Å²) in [4.78, 5) is 16.7. The number of aryl methyl sites for hydroxylation is 1. The molecule has 0 bridgehead atoms. The average molecular weight is 433 g/mol. The van der Waals surface area contributed by atoms with E-state index in [9.17, 15) is 13.2 Å². The van der Waals surface area contributed by atoms with Gasteiger partial charge in [-0.05, 0) is 56.4 Å². The third-order valence-corrected chi connectivity index (χ3v) is 7.58. The molecule has 1 aliphatic heterocycles. The fourth-order valence-electron chi connectivity index (χ4n) is 3.53. The van der Waals surface area contributed by atoms with E-state index in [-0.39, 0.29) is 9.77 Å². The van der Waals surface area contributed by atoms with E-state index in [4.69, 9.17) is 0 Å². The lowest BCUT2D eigenvalue weighted by molar-refractivity contribution is 0.313. The van der Waals surface area contributed by atoms with Crippen molar-refractivity contribution < 1.29 is 8.42 Å². The van der Waals surface area contributed by atoms with Crippen LogP contribution in [0.5, 0.6) is 0 Å². The van der Waals surface area contributed by atoms with E-state index in [1.54, 1.807) is 34.9 Å². The first-order valence-corrected chi connectivity index (χ1v) is 11.9. The van der Waals surface area contributed by atoms with Gasteiger partial charge in [0.15, 0.2) is 0 Å². The highest BCUT2D eigenvalue weighted by molar-refractivity contribution is 7.92. The maximum atomic E-state index is 12.8. The third kappa shape index (κ3) is 4.03. The summed E-state index contributed by atoms with van der Waals surface area (Å²) >= 11 is 1.06. The number of thiazole rings is 1. The molecular formula is C20H24N4O3S2. The standard InChI is InChI=1S/C20H24N4O3S2/c1-3-24-18-9-8-17(14-19(18)28-20(24)25)29(26,27)21-15-4-6-16(7-5-15)23-12-10-22(2)11-13-23/h4-9,14,21H,3,10-13H2,1-2H3. The van der Waals surface area contributed by atoms with E-state index in [2.05, 4.69) is 21.6 Å². The molecule has 0 atom stereocenters. The number of hydrogen-bond donors (Lipinski definition) is 1. The van der Waals surface area contributed by atoms with Crippen molar-refractivity contribution in [3.63, 3.8) is 0 Å². The number of likely N-dealkylation sites (N-methyl/N-ethyl adjacent to an activating group) is 1. The zero-order valence-electron chi connectivity index (χ0n) is 16.5. The Hall–Kier alpha value is -2.36. The summed E-state index contributed by atoms with van der Waals surface area (Å²) in [6, 6.07) is 12.3. The normalized spacial score (nSPS) is 15.7. The van der Waals surface area contributed by atoms with Crippen molar-refractivity contribution in [2.24, 2.45) is 0 Å². The molecule has 0 amide bonds. The molecule has 4 rings (SSSR count). The maximum Gasteiger partial charge on any atom is 0.308 e. The molecule has 29 heavy (non-hydrogen) atoms. The first-order chi connectivity index (χ1) is 13.9. The number of nitrogens with one attached hydrogen (secondary N) is 1. The molecule has 0 spiro atoms. The monoisotopic (exact) mass is 432 g/mol. The Kier molecular flexibility index (Phi) is 5.37. The van der Waals surface area contributed by atoms with Crippen molar-refractivity contribution in [3.8, 4) is 0 Å². The first kappa shape index (κ1) is 19.9. The van der Waals surface area contributed by atoms with Crippen LogP contribution in [0.3, 0.4) is 0 Å². The quantitative estimate of drug-likeness (QED) is 0.671. The second kappa shape index (κ2) is 7.81. The van der Waals surface area contributed by atoms with Crippen molar-refractivity contribution in [2.75, 3.05) is 42.8 Å². The van der Waals surface area contributed by atoms with Gasteiger partial charge in [0, 0.05) is 44.1 Å². The van der Waals surface area contributed by atoms with E-state index >= 15 is 0 Å². The van der Waals surface area contributed by atoms with Gasteiger partial charge in [-0.15, -0.1) is 0 Å². The van der Waals surface area contributed by atoms with Gasteiger partial charge < -0.3 is 9.80 Å². The molecule has 1 saturated heterocycles. The lowest BCUT2D eigenvalue weighted by Gasteiger charge is -2.34. The molecule has 1 N–H and O–H groups in total. The van der Waals surface area contributed by atoms with Crippen LogP contribution in [-0.4, -0.2) is 51.1 Å². The predicted molar refractivity (Wildman–Crippen MR) is 119 cm³/mol. The Morgan fingerprint density at radius 3 is 2.38 bits per heavy atom. The summed E-state index contributed by atoms with van der Waals surface area (Å²) in [7, 11) is -1.62. The van der Waals surface area contributed by atoms with Gasteiger partial charge in [-0.3, -0.25) is 14.1 Å². The van der Waals surface area contributed by atoms with Crippen molar-refractivity contribution in [1.29, 1.82) is 0 Å². The number of nitrogens with zero attached hydrogens (tertiary/aromatic N) is 3. The van der Waals surface area contributed by atoms with Crippen molar-refractivity contribution in [3.05, 3.63) is 52.1 Å². The van der Waals surface area contributed by atoms with Crippen LogP contribution >= 0.6 is 11.3 Å². The SMILES string of the molecule is CCn1c(=O)sc2cc(S(=O)(=O)Nc3ccc(N4CCN(C)CC4)cc3)ccc21. The smallest absolute Gasteiger partial charge is 0.308 e. The van der Waals surface area contributed by atoms with E-state index < -0.39 is 10.0 Å². The molecule has 2 heterocycles. The number of rotatable bonds is 5. The molecule has 1 fully saturated rings. The number of fused-ring (bicyclic) bond motifs is 1. The molecule has 1 aliphatic rings. The number of piperazine rings is 1. The van der Waals surface area contributed by atoms with Gasteiger partial charge in [0.25, 0.3) is 10.0 Å². The summed E-state index contributed by atoms with van der Waals surface area (Å²) in [6.45, 7) is 6.41. The van der Waals surface area contributed by atoms with E-state index in [1.165, 1.54) is 0 Å². The number of anilines is 2. The molecule has 0 unspecified atom stereocenters. The summed E-state index contributed by atoms with van der Waals surface area (Å²) in [5.74, 6) is 0. The van der Waals surface area contributed by atoms with Gasteiger partial charge in [0.2, 0.25) is 0 Å². The van der Waals surface area contributed by atoms with Gasteiger partial charge in [-0.25, -0.2) is 8.42 Å². The topological polar surface area (TPSA) is 74.6 Å². The Bertz CT molecular complexity index is 1170. The molecule has 0 aliphatic carbocycles. The zero-order valence-corrected chi connectivity index (χ0v) is 18.1. The van der Waals surface area contributed by atoms with Crippen LogP contribution in [0.1, 0.15) is 6.92 Å². The molecule has 3 aromatic rings. The number of sulfonamides is 1. The molecule has 1 aromatic heterocycles. The fourth-order valence-corrected chi connectivity index (χ4v) is 5.69. The Labute approximate surface area is 174 Å². The Morgan fingerprint density at radius 2 is 1.72 bits per heavy atom. The highest BCUT2D eigenvalue weighted by atomic mass is 32.2. The highest BCUT2D eigenvalue weighted by Crippen LogP contribution is 2.25. The average Bonchev–Trinajstić information content (AvgIpc) is 3.03. The van der Waals surface area contributed by atoms with E-state index in [0.717, 1.165) is 48.7 Å². The van der Waals surface area contributed by atoms with Gasteiger partial charge >= 0.3 is 4.87 Å². The maximum absolute atomic E-state index is 12.8. The summed E-state index contributed by atoms with van der Waals surface area (Å²) < 4.78 is 30.6. The number of hydrogen-bond acceptors (Lipinski definition) is 6. The lowest BCUT2D eigenvalue weighted by atomic mass is 10.2. The zero-order chi connectivity index (χ0) is 20.6.